The van der Waals surface area contributed by atoms with Gasteiger partial charge in [-0.15, -0.1) is 0 Å². The number of aliphatic hydroxyl groups is 1. The summed E-state index contributed by atoms with van der Waals surface area (Å²) >= 11 is 0. The van der Waals surface area contributed by atoms with E-state index in [2.05, 4.69) is 41.5 Å². The fourth-order valence-electron chi connectivity index (χ4n) is 2.06. The highest BCUT2D eigenvalue weighted by molar-refractivity contribution is 5.66. The predicted molar refractivity (Wildman–Crippen MR) is 168 cm³/mol. The molecule has 0 spiro atoms. The number of aldehydes is 1. The van der Waals surface area contributed by atoms with Crippen molar-refractivity contribution in [2.45, 2.75) is 193 Å². The van der Waals surface area contributed by atoms with Crippen LogP contribution in [0.25, 0.3) is 0 Å². The van der Waals surface area contributed by atoms with Crippen molar-refractivity contribution in [3.8, 4) is 0 Å². The molecule has 0 aromatic heterocycles. The van der Waals surface area contributed by atoms with E-state index in [0.29, 0.717) is 13.0 Å². The largest absolute Gasteiger partial charge is 0.481 e. The highest BCUT2D eigenvalue weighted by Gasteiger charge is 1.90. The second-order valence-corrected chi connectivity index (χ2v) is 8.29. The van der Waals surface area contributed by atoms with Crippen LogP contribution in [-0.4, -0.2) is 29.1 Å². The Bertz CT molecular complexity index is 265. The van der Waals surface area contributed by atoms with Gasteiger partial charge >= 0.3 is 5.97 Å². The van der Waals surface area contributed by atoms with Crippen LogP contribution < -0.4 is 0 Å². The Morgan fingerprint density at radius 3 is 0.833 bits per heavy atom. The van der Waals surface area contributed by atoms with Crippen LogP contribution in [0.1, 0.15) is 193 Å². The Hall–Kier alpha value is -0.900. The minimum Gasteiger partial charge on any atom is -0.481 e. The van der Waals surface area contributed by atoms with E-state index in [0.717, 1.165) is 12.7 Å². The third kappa shape index (κ3) is 150. The van der Waals surface area contributed by atoms with Gasteiger partial charge in [0.1, 0.15) is 6.29 Å². The van der Waals surface area contributed by atoms with Crippen LogP contribution in [0.15, 0.2) is 0 Å². The monoisotopic (exact) mass is 525 g/mol. The van der Waals surface area contributed by atoms with E-state index in [1.54, 1.807) is 6.92 Å². The number of hydrogen-bond donors (Lipinski definition) is 2. The summed E-state index contributed by atoms with van der Waals surface area (Å²) in [4.78, 5) is 18.5. The molecule has 0 bridgehead atoms. The van der Waals surface area contributed by atoms with Crippen LogP contribution in [0.4, 0.5) is 0 Å². The lowest BCUT2D eigenvalue weighted by molar-refractivity contribution is -0.136. The molecule has 0 heterocycles. The summed E-state index contributed by atoms with van der Waals surface area (Å²) in [6, 6.07) is 0. The van der Waals surface area contributed by atoms with Crippen LogP contribution >= 0.6 is 0 Å². The maximum atomic E-state index is 9.37. The van der Waals surface area contributed by atoms with Crippen molar-refractivity contribution in [2.24, 2.45) is 0 Å². The Morgan fingerprint density at radius 1 is 0.556 bits per heavy atom. The molecule has 36 heavy (non-hydrogen) atoms. The minimum absolute atomic E-state index is 0. The average Bonchev–Trinajstić information content (AvgIpc) is 2.86. The number of carboxylic acid groups (broad SMARTS) is 1. The summed E-state index contributed by atoms with van der Waals surface area (Å²) in [6.07, 6.45) is 23.8. The zero-order valence-corrected chi connectivity index (χ0v) is 25.2. The quantitative estimate of drug-likeness (QED) is 0.165. The molecule has 4 heteroatoms. The third-order valence-corrected chi connectivity index (χ3v) is 4.11. The molecule has 0 fully saturated rings. The summed E-state index contributed by atoms with van der Waals surface area (Å²) in [7, 11) is 0. The average molecular weight is 525 g/mol. The van der Waals surface area contributed by atoms with Gasteiger partial charge in [0.25, 0.3) is 0 Å². The summed E-state index contributed by atoms with van der Waals surface area (Å²) in [5, 5.41) is 15.6. The number of unbranched alkanes of at least 4 members (excludes halogenated alkanes) is 12. The maximum Gasteiger partial charge on any atom is 0.303 e. The van der Waals surface area contributed by atoms with E-state index in [-0.39, 0.29) is 21.3 Å². The first-order valence-corrected chi connectivity index (χ1v) is 14.6. The smallest absolute Gasteiger partial charge is 0.303 e. The lowest BCUT2D eigenvalue weighted by atomic mass is 10.1. The van der Waals surface area contributed by atoms with Gasteiger partial charge in [0.15, 0.2) is 0 Å². The van der Waals surface area contributed by atoms with Gasteiger partial charge in [0.2, 0.25) is 0 Å². The van der Waals surface area contributed by atoms with E-state index in [1.165, 1.54) is 96.3 Å². The molecule has 0 aliphatic rings. The van der Waals surface area contributed by atoms with Gasteiger partial charge in [-0.1, -0.05) is 173 Å². The van der Waals surface area contributed by atoms with Crippen molar-refractivity contribution in [3.05, 3.63) is 0 Å². The first-order valence-electron chi connectivity index (χ1n) is 14.6. The fraction of sp³-hybridized carbons (Fsp3) is 0.938. The molecule has 0 aromatic carbocycles. The van der Waals surface area contributed by atoms with E-state index in [9.17, 15) is 9.59 Å². The van der Waals surface area contributed by atoms with E-state index in [1.807, 2.05) is 13.8 Å². The molecule has 0 aliphatic carbocycles. The Morgan fingerprint density at radius 2 is 0.722 bits per heavy atom. The third-order valence-electron chi connectivity index (χ3n) is 4.11. The molecular weight excluding hydrogens is 448 g/mol. The second kappa shape index (κ2) is 76.5. The Labute approximate surface area is 231 Å². The molecule has 0 aromatic rings. The van der Waals surface area contributed by atoms with E-state index < -0.39 is 5.97 Å². The highest BCUT2D eigenvalue weighted by Crippen LogP contribution is 2.09. The first-order chi connectivity index (χ1) is 16.3. The van der Waals surface area contributed by atoms with Crippen molar-refractivity contribution in [2.75, 3.05) is 6.61 Å². The number of carbonyl (C=O) groups is 2. The molecule has 0 saturated carbocycles. The van der Waals surface area contributed by atoms with Crippen molar-refractivity contribution >= 4 is 12.3 Å². The van der Waals surface area contributed by atoms with Crippen molar-refractivity contribution < 1.29 is 19.8 Å². The zero-order valence-electron chi connectivity index (χ0n) is 25.2. The normalized spacial score (nSPS) is 8.06. The second-order valence-electron chi connectivity index (χ2n) is 8.29. The summed E-state index contributed by atoms with van der Waals surface area (Å²) in [5.74, 6) is -0.745. The van der Waals surface area contributed by atoms with Crippen LogP contribution in [0, 0.1) is 0 Å². The Balaban J connectivity index is -0.0000000468. The van der Waals surface area contributed by atoms with Crippen LogP contribution in [-0.2, 0) is 9.59 Å². The van der Waals surface area contributed by atoms with Gasteiger partial charge < -0.3 is 15.0 Å². The van der Waals surface area contributed by atoms with Gasteiger partial charge in [-0.25, -0.2) is 0 Å². The summed E-state index contributed by atoms with van der Waals surface area (Å²) < 4.78 is 0. The SMILES string of the molecule is C.C.CCC.CCC(=O)O.CCC=O.CCCCCC.CCCCCCCCCCCC.CCCO. The van der Waals surface area contributed by atoms with Gasteiger partial charge in [-0.3, -0.25) is 4.79 Å². The van der Waals surface area contributed by atoms with Crippen LogP contribution in [0.5, 0.6) is 0 Å². The molecule has 4 nitrogen and oxygen atoms in total. The van der Waals surface area contributed by atoms with E-state index >= 15 is 0 Å². The molecule has 0 radical (unpaired) electrons. The van der Waals surface area contributed by atoms with Crippen molar-refractivity contribution in [1.82, 2.24) is 0 Å². The van der Waals surface area contributed by atoms with Crippen LogP contribution in [0.2, 0.25) is 0 Å². The molecule has 0 unspecified atom stereocenters. The molecule has 0 rings (SSSR count). The molecule has 0 saturated heterocycles. The predicted octanol–water partition coefficient (Wildman–Crippen LogP) is 11.7. The lowest BCUT2D eigenvalue weighted by Crippen LogP contribution is -1.86. The van der Waals surface area contributed by atoms with Gasteiger partial charge in [0.05, 0.1) is 0 Å². The van der Waals surface area contributed by atoms with Gasteiger partial charge in [-0.05, 0) is 6.42 Å². The number of aliphatic carboxylic acids is 1. The molecule has 228 valence electrons. The molecule has 0 aliphatic heterocycles. The first kappa shape index (κ1) is 55.6. The Kier molecular flexibility index (Phi) is 118. The topological polar surface area (TPSA) is 74.6 Å². The minimum atomic E-state index is -0.745. The highest BCUT2D eigenvalue weighted by atomic mass is 16.4. The number of carboxylic acids is 1. The van der Waals surface area contributed by atoms with Crippen molar-refractivity contribution in [1.29, 1.82) is 0 Å². The maximum absolute atomic E-state index is 9.37. The zero-order chi connectivity index (χ0) is 27.7. The fourth-order valence-corrected chi connectivity index (χ4v) is 2.06. The van der Waals surface area contributed by atoms with Gasteiger partial charge in [-0.2, -0.15) is 0 Å². The summed E-state index contributed by atoms with van der Waals surface area (Å²) in [6.45, 7) is 18.9. The summed E-state index contributed by atoms with van der Waals surface area (Å²) in [5.41, 5.74) is 0. The van der Waals surface area contributed by atoms with Gasteiger partial charge in [0, 0.05) is 19.4 Å². The molecule has 0 atom stereocenters. The number of carbonyl (C=O) groups excluding carboxylic acids is 1. The number of aliphatic hydroxyl groups excluding tert-OH is 1. The molecule has 0 amide bonds. The number of rotatable bonds is 15. The van der Waals surface area contributed by atoms with E-state index in [4.69, 9.17) is 10.2 Å². The van der Waals surface area contributed by atoms with Crippen molar-refractivity contribution in [3.63, 3.8) is 0 Å². The van der Waals surface area contributed by atoms with Crippen LogP contribution in [0.3, 0.4) is 0 Å². The molecule has 2 N–H and O–H groups in total. The molecular formula is C32H76O4. The lowest BCUT2D eigenvalue weighted by Gasteiger charge is -1.99. The standard InChI is InChI=1S/C12H26.C6H14.C3H6O2.C3H8O.C3H6O.C3H8.2CH4/c1-3-5-7-9-11-12-10-8-6-4-2;1-3-5-6-4-2;1-2-3(4)5;2*1-2-3-4;1-3-2;;/h3-12H2,1-2H3;3-6H2,1-2H3;2H2,1H3,(H,4,5);4H,2-3H2,1H3;3H,2H2,1H3;3H2,1-2H3;2*1H4. The number of hydrogen-bond acceptors (Lipinski definition) is 3.